The highest BCUT2D eigenvalue weighted by Crippen LogP contribution is 2.49. The van der Waals surface area contributed by atoms with Crippen molar-refractivity contribution < 1.29 is 19.0 Å². The van der Waals surface area contributed by atoms with Crippen LogP contribution in [-0.4, -0.2) is 19.5 Å². The van der Waals surface area contributed by atoms with Crippen LogP contribution in [0.3, 0.4) is 0 Å². The summed E-state index contributed by atoms with van der Waals surface area (Å²) in [5.41, 5.74) is 7.39. The zero-order chi connectivity index (χ0) is 20.6. The molecule has 1 aromatic rings. The van der Waals surface area contributed by atoms with E-state index in [0.717, 1.165) is 9.13 Å². The van der Waals surface area contributed by atoms with Crippen LogP contribution in [-0.2, 0) is 9.53 Å². The number of nitrogens with two attached hydrogens (primary N) is 1. The first kappa shape index (κ1) is 20.5. The second kappa shape index (κ2) is 7.66. The van der Waals surface area contributed by atoms with Crippen LogP contribution < -0.4 is 15.2 Å². The van der Waals surface area contributed by atoms with Gasteiger partial charge in [-0.15, -0.1) is 0 Å². The molecule has 0 bridgehead atoms. The molecule has 1 atom stereocenters. The van der Waals surface area contributed by atoms with Crippen LogP contribution in [0.15, 0.2) is 34.9 Å². The maximum absolute atomic E-state index is 13.0. The standard InChI is InChI=1S/C21H23IN2O4/c1-5-27-19-13(22)6-11(7-15(19)26-4)17-12(10-23)20(24)28-16-9-21(2,3)8-14(25)18(16)17/h6-7,17H,5,8-9,24H2,1-4H3/t17-/m0/s1. The van der Waals surface area contributed by atoms with Crippen molar-refractivity contribution >= 4 is 28.4 Å². The molecule has 1 aliphatic carbocycles. The van der Waals surface area contributed by atoms with Crippen LogP contribution in [0, 0.1) is 20.3 Å². The number of halogens is 1. The number of rotatable bonds is 4. The summed E-state index contributed by atoms with van der Waals surface area (Å²) >= 11 is 2.17. The van der Waals surface area contributed by atoms with E-state index in [1.54, 1.807) is 7.11 Å². The Morgan fingerprint density at radius 1 is 1.39 bits per heavy atom. The van der Waals surface area contributed by atoms with Crippen LogP contribution in [0.25, 0.3) is 0 Å². The van der Waals surface area contributed by atoms with E-state index in [4.69, 9.17) is 19.9 Å². The Morgan fingerprint density at radius 2 is 2.11 bits per heavy atom. The molecule has 148 valence electrons. The Bertz CT molecular complexity index is 940. The number of nitrogens with zero attached hydrogens (tertiary/aromatic N) is 1. The number of methoxy groups -OCH3 is 1. The van der Waals surface area contributed by atoms with E-state index in [1.807, 2.05) is 32.9 Å². The average Bonchev–Trinajstić information content (AvgIpc) is 2.61. The van der Waals surface area contributed by atoms with Crippen molar-refractivity contribution in [3.63, 3.8) is 0 Å². The van der Waals surface area contributed by atoms with Gasteiger partial charge in [-0.2, -0.15) is 5.26 Å². The Kier molecular flexibility index (Phi) is 5.62. The summed E-state index contributed by atoms with van der Waals surface area (Å²) in [6.07, 6.45) is 0.991. The molecule has 2 N–H and O–H groups in total. The van der Waals surface area contributed by atoms with Crippen molar-refractivity contribution in [1.82, 2.24) is 0 Å². The predicted molar refractivity (Wildman–Crippen MR) is 113 cm³/mol. The fourth-order valence-electron chi connectivity index (χ4n) is 3.81. The summed E-state index contributed by atoms with van der Waals surface area (Å²) in [5.74, 6) is 1.22. The zero-order valence-electron chi connectivity index (χ0n) is 16.4. The number of ketones is 1. The second-order valence-electron chi connectivity index (χ2n) is 7.67. The molecule has 0 radical (unpaired) electrons. The summed E-state index contributed by atoms with van der Waals surface area (Å²) in [5, 5.41) is 9.75. The number of allylic oxidation sites excluding steroid dienone is 3. The highest BCUT2D eigenvalue weighted by atomic mass is 127. The van der Waals surface area contributed by atoms with Gasteiger partial charge in [-0.1, -0.05) is 13.8 Å². The number of Topliss-reactive ketones (excluding diaryl/α,β-unsaturated/α-hetero) is 1. The van der Waals surface area contributed by atoms with Gasteiger partial charge in [0.1, 0.15) is 17.4 Å². The summed E-state index contributed by atoms with van der Waals surface area (Å²) in [6.45, 7) is 6.45. The molecule has 0 unspecified atom stereocenters. The number of carbonyl (C=O) groups is 1. The third kappa shape index (κ3) is 3.58. The SMILES string of the molecule is CCOc1c(I)cc([C@H]2C(C#N)=C(N)OC3=C2C(=O)CC(C)(C)C3)cc1OC. The van der Waals surface area contributed by atoms with Crippen molar-refractivity contribution in [1.29, 1.82) is 5.26 Å². The Labute approximate surface area is 178 Å². The lowest BCUT2D eigenvalue weighted by molar-refractivity contribution is -0.119. The van der Waals surface area contributed by atoms with Crippen LogP contribution in [0.1, 0.15) is 45.1 Å². The van der Waals surface area contributed by atoms with Gasteiger partial charge < -0.3 is 19.9 Å². The summed E-state index contributed by atoms with van der Waals surface area (Å²) < 4.78 is 17.8. The van der Waals surface area contributed by atoms with Gasteiger partial charge in [0.05, 0.1) is 23.2 Å². The molecule has 0 amide bonds. The van der Waals surface area contributed by atoms with E-state index in [9.17, 15) is 10.1 Å². The van der Waals surface area contributed by atoms with E-state index in [1.165, 1.54) is 0 Å². The first-order valence-corrected chi connectivity index (χ1v) is 10.1. The van der Waals surface area contributed by atoms with Crippen molar-refractivity contribution in [2.75, 3.05) is 13.7 Å². The molecule has 0 aromatic heterocycles. The van der Waals surface area contributed by atoms with E-state index >= 15 is 0 Å². The third-order valence-electron chi connectivity index (χ3n) is 4.95. The Balaban J connectivity index is 2.21. The number of ether oxygens (including phenoxy) is 3. The number of hydrogen-bond acceptors (Lipinski definition) is 6. The van der Waals surface area contributed by atoms with Crippen LogP contribution >= 0.6 is 22.6 Å². The highest BCUT2D eigenvalue weighted by Gasteiger charge is 2.43. The molecule has 1 heterocycles. The fourth-order valence-corrected chi connectivity index (χ4v) is 4.59. The molecule has 0 fully saturated rings. The van der Waals surface area contributed by atoms with Crippen LogP contribution in [0.5, 0.6) is 11.5 Å². The molecule has 1 aliphatic heterocycles. The molecule has 7 heteroatoms. The largest absolute Gasteiger partial charge is 0.493 e. The first-order chi connectivity index (χ1) is 13.2. The van der Waals surface area contributed by atoms with Crippen molar-refractivity contribution in [2.24, 2.45) is 11.1 Å². The number of hydrogen-bond donors (Lipinski definition) is 1. The third-order valence-corrected chi connectivity index (χ3v) is 5.75. The van der Waals surface area contributed by atoms with Crippen molar-refractivity contribution in [3.8, 4) is 17.6 Å². The molecule has 2 aliphatic rings. The first-order valence-electron chi connectivity index (χ1n) is 9.06. The number of carbonyl (C=O) groups excluding carboxylic acids is 1. The summed E-state index contributed by atoms with van der Waals surface area (Å²) in [6, 6.07) is 5.86. The lowest BCUT2D eigenvalue weighted by Crippen LogP contribution is -2.33. The Morgan fingerprint density at radius 3 is 2.71 bits per heavy atom. The van der Waals surface area contributed by atoms with Gasteiger partial charge in [0, 0.05) is 18.4 Å². The second-order valence-corrected chi connectivity index (χ2v) is 8.83. The molecule has 0 saturated heterocycles. The van der Waals surface area contributed by atoms with Crippen molar-refractivity contribution in [3.05, 3.63) is 44.1 Å². The van der Waals surface area contributed by atoms with E-state index in [0.29, 0.717) is 42.3 Å². The van der Waals surface area contributed by atoms with Gasteiger partial charge in [-0.3, -0.25) is 4.79 Å². The zero-order valence-corrected chi connectivity index (χ0v) is 18.5. The lowest BCUT2D eigenvalue weighted by atomic mass is 9.70. The van der Waals surface area contributed by atoms with Crippen LogP contribution in [0.4, 0.5) is 0 Å². The van der Waals surface area contributed by atoms with Gasteiger partial charge in [-0.05, 0) is 52.6 Å². The fraction of sp³-hybridized carbons (Fsp3) is 0.429. The molecular formula is C21H23IN2O4. The maximum Gasteiger partial charge on any atom is 0.205 e. The van der Waals surface area contributed by atoms with E-state index in [-0.39, 0.29) is 22.7 Å². The molecule has 6 nitrogen and oxygen atoms in total. The molecule has 3 rings (SSSR count). The maximum atomic E-state index is 13.0. The summed E-state index contributed by atoms with van der Waals surface area (Å²) in [4.78, 5) is 13.0. The smallest absolute Gasteiger partial charge is 0.205 e. The van der Waals surface area contributed by atoms with Gasteiger partial charge in [-0.25, -0.2) is 0 Å². The molecule has 1 aromatic carbocycles. The minimum atomic E-state index is -0.574. The van der Waals surface area contributed by atoms with Crippen molar-refractivity contribution in [2.45, 2.75) is 39.5 Å². The monoisotopic (exact) mass is 494 g/mol. The average molecular weight is 494 g/mol. The molecular weight excluding hydrogens is 471 g/mol. The Hall–Kier alpha value is -2.21. The number of nitriles is 1. The number of benzene rings is 1. The van der Waals surface area contributed by atoms with Crippen LogP contribution in [0.2, 0.25) is 0 Å². The van der Waals surface area contributed by atoms with Gasteiger partial charge in [0.15, 0.2) is 17.3 Å². The minimum absolute atomic E-state index is 0.0145. The van der Waals surface area contributed by atoms with E-state index < -0.39 is 5.92 Å². The topological polar surface area (TPSA) is 94.6 Å². The van der Waals surface area contributed by atoms with Gasteiger partial charge in [0.25, 0.3) is 0 Å². The molecule has 0 saturated carbocycles. The molecule has 0 spiro atoms. The minimum Gasteiger partial charge on any atom is -0.493 e. The van der Waals surface area contributed by atoms with Gasteiger partial charge >= 0.3 is 0 Å². The summed E-state index contributed by atoms with van der Waals surface area (Å²) in [7, 11) is 1.57. The predicted octanol–water partition coefficient (Wildman–Crippen LogP) is 4.15. The van der Waals surface area contributed by atoms with Gasteiger partial charge in [0.2, 0.25) is 5.88 Å². The highest BCUT2D eigenvalue weighted by molar-refractivity contribution is 14.1. The lowest BCUT2D eigenvalue weighted by Gasteiger charge is -2.37. The quantitative estimate of drug-likeness (QED) is 0.633. The van der Waals surface area contributed by atoms with E-state index in [2.05, 4.69) is 28.7 Å². The normalized spacial score (nSPS) is 21.0. The molecule has 28 heavy (non-hydrogen) atoms.